The van der Waals surface area contributed by atoms with Gasteiger partial charge in [0.1, 0.15) is 6.04 Å². The Balaban J connectivity index is 2.01. The molecule has 1 atom stereocenters. The predicted octanol–water partition coefficient (Wildman–Crippen LogP) is 2.53. The molecule has 110 valence electrons. The second kappa shape index (κ2) is 6.26. The van der Waals surface area contributed by atoms with Gasteiger partial charge in [0, 0.05) is 10.9 Å². The lowest BCUT2D eigenvalue weighted by Crippen LogP contribution is -2.50. The monoisotopic (exact) mass is 296 g/mol. The summed E-state index contributed by atoms with van der Waals surface area (Å²) in [6, 6.07) is 3.08. The van der Waals surface area contributed by atoms with Gasteiger partial charge in [-0.3, -0.25) is 0 Å². The van der Waals surface area contributed by atoms with Crippen LogP contribution in [-0.2, 0) is 11.3 Å². The Morgan fingerprint density at radius 1 is 1.50 bits per heavy atom. The molecule has 1 aromatic heterocycles. The highest BCUT2D eigenvalue weighted by Gasteiger charge is 2.35. The number of urea groups is 1. The lowest BCUT2D eigenvalue weighted by Gasteiger charge is -2.26. The molecule has 1 unspecified atom stereocenters. The van der Waals surface area contributed by atoms with E-state index >= 15 is 0 Å². The number of rotatable bonds is 6. The lowest BCUT2D eigenvalue weighted by molar-refractivity contribution is -0.140. The lowest BCUT2D eigenvalue weighted by atomic mass is 10.1. The van der Waals surface area contributed by atoms with Crippen molar-refractivity contribution in [1.82, 2.24) is 10.2 Å². The number of nitrogens with zero attached hydrogens (tertiary/aromatic N) is 1. The van der Waals surface area contributed by atoms with Crippen molar-refractivity contribution in [2.24, 2.45) is 5.92 Å². The highest BCUT2D eigenvalue weighted by molar-refractivity contribution is 7.09. The number of carboxylic acid groups (broad SMARTS) is 1. The minimum atomic E-state index is -0.986. The molecule has 0 saturated heterocycles. The van der Waals surface area contributed by atoms with Crippen molar-refractivity contribution in [2.75, 3.05) is 0 Å². The van der Waals surface area contributed by atoms with Crippen LogP contribution in [0, 0.1) is 5.92 Å². The van der Waals surface area contributed by atoms with Crippen LogP contribution in [0.1, 0.15) is 31.6 Å². The van der Waals surface area contributed by atoms with Gasteiger partial charge < -0.3 is 15.3 Å². The molecule has 2 rings (SSSR count). The summed E-state index contributed by atoms with van der Waals surface area (Å²) in [5, 5.41) is 13.8. The Morgan fingerprint density at radius 3 is 2.65 bits per heavy atom. The van der Waals surface area contributed by atoms with Crippen molar-refractivity contribution >= 4 is 23.3 Å². The highest BCUT2D eigenvalue weighted by atomic mass is 32.1. The molecule has 1 saturated carbocycles. The van der Waals surface area contributed by atoms with Gasteiger partial charge in [-0.05, 0) is 30.2 Å². The SMILES string of the molecule is CC(C)C(NC(=O)N(Cc1cccs1)C1CC1)C(=O)O. The Morgan fingerprint density at radius 2 is 2.20 bits per heavy atom. The quantitative estimate of drug-likeness (QED) is 0.847. The van der Waals surface area contributed by atoms with E-state index in [-0.39, 0.29) is 18.0 Å². The zero-order valence-electron chi connectivity index (χ0n) is 11.7. The second-order valence-corrected chi connectivity index (χ2v) is 6.48. The summed E-state index contributed by atoms with van der Waals surface area (Å²) in [5.74, 6) is -1.13. The van der Waals surface area contributed by atoms with Crippen LogP contribution in [0.4, 0.5) is 4.79 Å². The Bertz CT molecular complexity index is 469. The average molecular weight is 296 g/mol. The van der Waals surface area contributed by atoms with Crippen LogP contribution in [-0.4, -0.2) is 34.1 Å². The summed E-state index contributed by atoms with van der Waals surface area (Å²) in [7, 11) is 0. The third-order valence-corrected chi connectivity index (χ3v) is 4.23. The smallest absolute Gasteiger partial charge is 0.326 e. The normalized spacial score (nSPS) is 15.9. The molecule has 1 aliphatic carbocycles. The van der Waals surface area contributed by atoms with Gasteiger partial charge in [0.25, 0.3) is 0 Å². The third-order valence-electron chi connectivity index (χ3n) is 3.37. The van der Waals surface area contributed by atoms with Crippen molar-refractivity contribution in [1.29, 1.82) is 0 Å². The molecule has 1 aromatic rings. The molecule has 0 radical (unpaired) electrons. The van der Waals surface area contributed by atoms with Crippen LogP contribution in [0.25, 0.3) is 0 Å². The molecular formula is C14H20N2O3S. The van der Waals surface area contributed by atoms with E-state index in [0.29, 0.717) is 6.54 Å². The summed E-state index contributed by atoms with van der Waals surface area (Å²) < 4.78 is 0. The summed E-state index contributed by atoms with van der Waals surface area (Å²) in [6.07, 6.45) is 2.00. The van der Waals surface area contributed by atoms with Crippen molar-refractivity contribution in [3.05, 3.63) is 22.4 Å². The Labute approximate surface area is 122 Å². The standard InChI is InChI=1S/C14H20N2O3S/c1-9(2)12(13(17)18)15-14(19)16(10-5-6-10)8-11-4-3-7-20-11/h3-4,7,9-10,12H,5-6,8H2,1-2H3,(H,15,19)(H,17,18). The molecule has 6 heteroatoms. The molecule has 1 fully saturated rings. The molecule has 1 aliphatic rings. The van der Waals surface area contributed by atoms with Gasteiger partial charge in [0.15, 0.2) is 0 Å². The highest BCUT2D eigenvalue weighted by Crippen LogP contribution is 2.29. The van der Waals surface area contributed by atoms with Crippen molar-refractivity contribution < 1.29 is 14.7 Å². The molecule has 0 bridgehead atoms. The van der Waals surface area contributed by atoms with Crippen molar-refractivity contribution in [2.45, 2.75) is 45.3 Å². The first-order valence-corrected chi connectivity index (χ1v) is 7.69. The van der Waals surface area contributed by atoms with Gasteiger partial charge in [-0.2, -0.15) is 0 Å². The largest absolute Gasteiger partial charge is 0.480 e. The van der Waals surface area contributed by atoms with E-state index in [2.05, 4.69) is 5.32 Å². The summed E-state index contributed by atoms with van der Waals surface area (Å²) in [5.41, 5.74) is 0. The van der Waals surface area contributed by atoms with Gasteiger partial charge >= 0.3 is 12.0 Å². The van der Waals surface area contributed by atoms with E-state index in [9.17, 15) is 9.59 Å². The fraction of sp³-hybridized carbons (Fsp3) is 0.571. The van der Waals surface area contributed by atoms with Crippen LogP contribution in [0.2, 0.25) is 0 Å². The van der Waals surface area contributed by atoms with Crippen LogP contribution >= 0.6 is 11.3 Å². The van der Waals surface area contributed by atoms with Crippen LogP contribution < -0.4 is 5.32 Å². The summed E-state index contributed by atoms with van der Waals surface area (Å²) >= 11 is 1.61. The number of thiophene rings is 1. The predicted molar refractivity (Wildman–Crippen MR) is 77.7 cm³/mol. The van der Waals surface area contributed by atoms with Gasteiger partial charge in [0.2, 0.25) is 0 Å². The van der Waals surface area contributed by atoms with Gasteiger partial charge in [-0.1, -0.05) is 19.9 Å². The molecular weight excluding hydrogens is 276 g/mol. The third kappa shape index (κ3) is 3.72. The Kier molecular flexibility index (Phi) is 4.65. The first-order chi connectivity index (χ1) is 9.49. The Hall–Kier alpha value is -1.56. The number of hydrogen-bond acceptors (Lipinski definition) is 3. The fourth-order valence-corrected chi connectivity index (χ4v) is 2.76. The van der Waals surface area contributed by atoms with Crippen molar-refractivity contribution in [3.8, 4) is 0 Å². The molecule has 1 heterocycles. The van der Waals surface area contributed by atoms with Gasteiger partial charge in [-0.25, -0.2) is 9.59 Å². The molecule has 2 N–H and O–H groups in total. The van der Waals surface area contributed by atoms with Crippen LogP contribution in [0.5, 0.6) is 0 Å². The zero-order valence-corrected chi connectivity index (χ0v) is 12.5. The maximum absolute atomic E-state index is 12.3. The molecule has 0 aromatic carbocycles. The van der Waals surface area contributed by atoms with E-state index in [0.717, 1.165) is 17.7 Å². The minimum Gasteiger partial charge on any atom is -0.480 e. The molecule has 2 amide bonds. The van der Waals surface area contributed by atoms with Crippen LogP contribution in [0.3, 0.4) is 0 Å². The molecule has 0 spiro atoms. The topological polar surface area (TPSA) is 69.6 Å². The first-order valence-electron chi connectivity index (χ1n) is 6.81. The van der Waals surface area contributed by atoms with Crippen molar-refractivity contribution in [3.63, 3.8) is 0 Å². The molecule has 0 aliphatic heterocycles. The number of nitrogens with one attached hydrogen (secondary N) is 1. The van der Waals surface area contributed by atoms with Gasteiger partial charge in [0.05, 0.1) is 6.54 Å². The van der Waals surface area contributed by atoms with Crippen LogP contribution in [0.15, 0.2) is 17.5 Å². The van der Waals surface area contributed by atoms with E-state index < -0.39 is 12.0 Å². The summed E-state index contributed by atoms with van der Waals surface area (Å²) in [4.78, 5) is 26.4. The van der Waals surface area contributed by atoms with E-state index in [4.69, 9.17) is 5.11 Å². The average Bonchev–Trinajstić information content (AvgIpc) is 3.09. The second-order valence-electron chi connectivity index (χ2n) is 5.45. The van der Waals surface area contributed by atoms with E-state index in [1.165, 1.54) is 0 Å². The first kappa shape index (κ1) is 14.8. The zero-order chi connectivity index (χ0) is 14.7. The maximum Gasteiger partial charge on any atom is 0.326 e. The number of amides is 2. The fourth-order valence-electron chi connectivity index (χ4n) is 2.05. The number of carboxylic acids is 1. The minimum absolute atomic E-state index is 0.140. The molecule has 20 heavy (non-hydrogen) atoms. The maximum atomic E-state index is 12.3. The van der Waals surface area contributed by atoms with Gasteiger partial charge in [-0.15, -0.1) is 11.3 Å². The number of hydrogen-bond donors (Lipinski definition) is 2. The van der Waals surface area contributed by atoms with E-state index in [1.54, 1.807) is 30.1 Å². The number of carbonyl (C=O) groups excluding carboxylic acids is 1. The number of carbonyl (C=O) groups is 2. The molecule has 5 nitrogen and oxygen atoms in total. The number of aliphatic carboxylic acids is 1. The summed E-state index contributed by atoms with van der Waals surface area (Å²) in [6.45, 7) is 4.14. The van der Waals surface area contributed by atoms with E-state index in [1.807, 2.05) is 17.5 Å².